The Bertz CT molecular complexity index is 796. The summed E-state index contributed by atoms with van der Waals surface area (Å²) in [6.07, 6.45) is 1.85. The van der Waals surface area contributed by atoms with Crippen molar-refractivity contribution in [2.75, 3.05) is 5.32 Å². The molecule has 2 rings (SSSR count). The lowest BCUT2D eigenvalue weighted by Gasteiger charge is -2.05. The van der Waals surface area contributed by atoms with E-state index >= 15 is 0 Å². The molecular formula is C15H19N3O3S2. The molecule has 8 heteroatoms. The smallest absolute Gasteiger partial charge is 0.267 e. The van der Waals surface area contributed by atoms with Crippen LogP contribution in [0.2, 0.25) is 0 Å². The number of nitrogens with two attached hydrogens (primary N) is 1. The quantitative estimate of drug-likeness (QED) is 0.832. The zero-order valence-corrected chi connectivity index (χ0v) is 14.6. The molecule has 6 nitrogen and oxygen atoms in total. The molecule has 1 heterocycles. The lowest BCUT2D eigenvalue weighted by molar-refractivity contribution is 0.103. The van der Waals surface area contributed by atoms with Gasteiger partial charge in [-0.1, -0.05) is 19.1 Å². The maximum absolute atomic E-state index is 12.3. The number of nitrogens with one attached hydrogen (secondary N) is 1. The topological polar surface area (TPSA) is 102 Å². The molecule has 0 saturated heterocycles. The molecule has 1 aromatic carbocycles. The molecule has 0 bridgehead atoms. The van der Waals surface area contributed by atoms with Crippen LogP contribution in [-0.4, -0.2) is 19.3 Å². The second-order valence-electron chi connectivity index (χ2n) is 5.23. The van der Waals surface area contributed by atoms with Gasteiger partial charge in [-0.05, 0) is 37.5 Å². The van der Waals surface area contributed by atoms with Crippen molar-refractivity contribution < 1.29 is 13.2 Å². The van der Waals surface area contributed by atoms with Crippen molar-refractivity contribution in [2.24, 2.45) is 5.14 Å². The Morgan fingerprint density at radius 1 is 1.30 bits per heavy atom. The molecule has 0 fully saturated rings. The number of carbonyl (C=O) groups excluding carboxylic acids is 1. The van der Waals surface area contributed by atoms with Crippen LogP contribution in [-0.2, 0) is 22.2 Å². The van der Waals surface area contributed by atoms with Crippen LogP contribution in [0.15, 0.2) is 24.3 Å². The molecule has 1 amide bonds. The van der Waals surface area contributed by atoms with Gasteiger partial charge in [0.1, 0.15) is 4.88 Å². The minimum absolute atomic E-state index is 0.207. The van der Waals surface area contributed by atoms with Crippen molar-refractivity contribution in [1.82, 2.24) is 4.98 Å². The summed E-state index contributed by atoms with van der Waals surface area (Å²) in [7, 11) is -3.56. The molecule has 0 aliphatic rings. The van der Waals surface area contributed by atoms with Gasteiger partial charge in [0.15, 0.2) is 0 Å². The van der Waals surface area contributed by atoms with Gasteiger partial charge in [-0.15, -0.1) is 11.3 Å². The van der Waals surface area contributed by atoms with Gasteiger partial charge < -0.3 is 5.32 Å². The zero-order chi connectivity index (χ0) is 17.0. The van der Waals surface area contributed by atoms with Gasteiger partial charge >= 0.3 is 0 Å². The zero-order valence-electron chi connectivity index (χ0n) is 13.0. The number of rotatable bonds is 6. The fraction of sp³-hybridized carbons (Fsp3) is 0.333. The summed E-state index contributed by atoms with van der Waals surface area (Å²) in [5.74, 6) is -0.434. The molecule has 1 aromatic heterocycles. The Morgan fingerprint density at radius 2 is 1.96 bits per heavy atom. The van der Waals surface area contributed by atoms with Crippen molar-refractivity contribution in [3.63, 3.8) is 0 Å². The first-order valence-corrected chi connectivity index (χ1v) is 9.68. The second-order valence-corrected chi connectivity index (χ2v) is 7.93. The number of anilines is 1. The molecule has 0 atom stereocenters. The van der Waals surface area contributed by atoms with Gasteiger partial charge in [-0.25, -0.2) is 18.5 Å². The Morgan fingerprint density at radius 3 is 2.52 bits per heavy atom. The normalized spacial score (nSPS) is 11.4. The molecule has 0 unspecified atom stereocenters. The number of thiazole rings is 1. The summed E-state index contributed by atoms with van der Waals surface area (Å²) < 4.78 is 22.1. The fourth-order valence-electron chi connectivity index (χ4n) is 2.09. The van der Waals surface area contributed by atoms with Gasteiger partial charge in [0.2, 0.25) is 10.0 Å². The number of aromatic nitrogens is 1. The number of primary sulfonamides is 1. The van der Waals surface area contributed by atoms with E-state index < -0.39 is 10.0 Å². The number of hydrogen-bond acceptors (Lipinski definition) is 5. The monoisotopic (exact) mass is 353 g/mol. The lowest BCUT2D eigenvalue weighted by Crippen LogP contribution is -2.14. The van der Waals surface area contributed by atoms with Gasteiger partial charge in [-0.3, -0.25) is 4.79 Å². The highest BCUT2D eigenvalue weighted by Gasteiger charge is 2.15. The van der Waals surface area contributed by atoms with Gasteiger partial charge in [0, 0.05) is 5.69 Å². The van der Waals surface area contributed by atoms with E-state index in [0.29, 0.717) is 16.1 Å². The Balaban J connectivity index is 2.08. The number of amides is 1. The molecular weight excluding hydrogens is 334 g/mol. The van der Waals surface area contributed by atoms with E-state index in [1.54, 1.807) is 24.3 Å². The van der Waals surface area contributed by atoms with Crippen LogP contribution in [0.3, 0.4) is 0 Å². The van der Waals surface area contributed by atoms with Crippen LogP contribution in [0.1, 0.15) is 39.3 Å². The molecule has 0 spiro atoms. The van der Waals surface area contributed by atoms with Gasteiger partial charge in [0.25, 0.3) is 5.91 Å². The van der Waals surface area contributed by atoms with Crippen LogP contribution in [0.4, 0.5) is 5.69 Å². The molecule has 3 N–H and O–H groups in total. The third kappa shape index (κ3) is 5.12. The molecule has 0 aliphatic heterocycles. The van der Waals surface area contributed by atoms with Crippen LogP contribution >= 0.6 is 11.3 Å². The van der Waals surface area contributed by atoms with Crippen molar-refractivity contribution in [3.05, 3.63) is 45.4 Å². The molecule has 0 radical (unpaired) electrons. The van der Waals surface area contributed by atoms with E-state index in [4.69, 9.17) is 5.14 Å². The van der Waals surface area contributed by atoms with E-state index in [1.807, 2.05) is 6.92 Å². The first-order valence-electron chi connectivity index (χ1n) is 7.15. The first-order chi connectivity index (χ1) is 10.8. The largest absolute Gasteiger partial charge is 0.321 e. The SMILES string of the molecule is CCCc1nc(C)c(C(=O)Nc2ccc(CS(N)(=O)=O)cc2)s1. The van der Waals surface area contributed by atoms with Crippen molar-refractivity contribution in [2.45, 2.75) is 32.4 Å². The van der Waals surface area contributed by atoms with Crippen molar-refractivity contribution in [1.29, 1.82) is 0 Å². The minimum Gasteiger partial charge on any atom is -0.321 e. The van der Waals surface area contributed by atoms with Gasteiger partial charge in [0.05, 0.1) is 16.5 Å². The minimum atomic E-state index is -3.56. The van der Waals surface area contributed by atoms with E-state index in [9.17, 15) is 13.2 Å². The fourth-order valence-corrected chi connectivity index (χ4v) is 3.81. The summed E-state index contributed by atoms with van der Waals surface area (Å²) in [6.45, 7) is 3.89. The summed E-state index contributed by atoms with van der Waals surface area (Å²) in [5, 5.41) is 8.76. The van der Waals surface area contributed by atoms with Gasteiger partial charge in [-0.2, -0.15) is 0 Å². The second kappa shape index (κ2) is 7.20. The highest BCUT2D eigenvalue weighted by atomic mass is 32.2. The lowest BCUT2D eigenvalue weighted by atomic mass is 10.2. The summed E-state index contributed by atoms with van der Waals surface area (Å²) in [6, 6.07) is 6.56. The Hall–Kier alpha value is -1.77. The third-order valence-electron chi connectivity index (χ3n) is 3.09. The highest BCUT2D eigenvalue weighted by Crippen LogP contribution is 2.21. The van der Waals surface area contributed by atoms with Crippen LogP contribution < -0.4 is 10.5 Å². The Kier molecular flexibility index (Phi) is 5.51. The third-order valence-corrected chi connectivity index (χ3v) is 5.04. The van der Waals surface area contributed by atoms with Crippen LogP contribution in [0, 0.1) is 6.92 Å². The number of aryl methyl sites for hydroxylation is 2. The number of carbonyl (C=O) groups is 1. The predicted octanol–water partition coefficient (Wildman–Crippen LogP) is 2.44. The molecule has 2 aromatic rings. The summed E-state index contributed by atoms with van der Waals surface area (Å²) >= 11 is 1.40. The maximum Gasteiger partial charge on any atom is 0.267 e. The predicted molar refractivity (Wildman–Crippen MR) is 92.1 cm³/mol. The number of nitrogens with zero attached hydrogens (tertiary/aromatic N) is 1. The van der Waals surface area contributed by atoms with Crippen LogP contribution in [0.25, 0.3) is 0 Å². The summed E-state index contributed by atoms with van der Waals surface area (Å²) in [4.78, 5) is 17.3. The summed E-state index contributed by atoms with van der Waals surface area (Å²) in [5.41, 5.74) is 1.89. The van der Waals surface area contributed by atoms with Crippen molar-refractivity contribution in [3.8, 4) is 0 Å². The molecule has 23 heavy (non-hydrogen) atoms. The first kappa shape index (κ1) is 17.6. The van der Waals surface area contributed by atoms with Crippen molar-refractivity contribution >= 4 is 33.0 Å². The average molecular weight is 353 g/mol. The standard InChI is InChI=1S/C15H19N3O3S2/c1-3-4-13-17-10(2)14(22-13)15(19)18-12-7-5-11(6-8-12)9-23(16,20)21/h5-8H,3-4,9H2,1-2H3,(H,18,19)(H2,16,20,21). The van der Waals surface area contributed by atoms with E-state index in [-0.39, 0.29) is 11.7 Å². The molecule has 124 valence electrons. The number of sulfonamides is 1. The highest BCUT2D eigenvalue weighted by molar-refractivity contribution is 7.88. The number of benzene rings is 1. The Labute approximate surface area is 139 Å². The van der Waals surface area contributed by atoms with E-state index in [1.165, 1.54) is 11.3 Å². The van der Waals surface area contributed by atoms with E-state index in [2.05, 4.69) is 17.2 Å². The van der Waals surface area contributed by atoms with E-state index in [0.717, 1.165) is 23.5 Å². The average Bonchev–Trinajstić information content (AvgIpc) is 2.81. The molecule has 0 aliphatic carbocycles. The maximum atomic E-state index is 12.3. The number of hydrogen-bond donors (Lipinski definition) is 2. The van der Waals surface area contributed by atoms with Crippen LogP contribution in [0.5, 0.6) is 0 Å². The molecule has 0 saturated carbocycles.